The Hall–Kier alpha value is -3.19. The van der Waals surface area contributed by atoms with Crippen LogP contribution in [0.3, 0.4) is 0 Å². The summed E-state index contributed by atoms with van der Waals surface area (Å²) in [6, 6.07) is 7.43. The Kier molecular flexibility index (Phi) is 3.57. The summed E-state index contributed by atoms with van der Waals surface area (Å²) < 4.78 is 11.9. The summed E-state index contributed by atoms with van der Waals surface area (Å²) in [6.45, 7) is 2.36. The molecule has 28 heavy (non-hydrogen) atoms. The van der Waals surface area contributed by atoms with Crippen LogP contribution in [0.25, 0.3) is 22.3 Å². The van der Waals surface area contributed by atoms with Crippen molar-refractivity contribution in [3.8, 4) is 17.1 Å². The van der Waals surface area contributed by atoms with E-state index in [1.807, 2.05) is 18.2 Å². The monoisotopic (exact) mass is 378 g/mol. The first kappa shape index (κ1) is 16.9. The lowest BCUT2D eigenvalue weighted by atomic mass is 9.97. The molecule has 3 aromatic rings. The van der Waals surface area contributed by atoms with E-state index >= 15 is 0 Å². The molecule has 2 aliphatic heterocycles. The fraction of sp³-hybridized carbons (Fsp3) is 0.286. The number of hydrogen-bond donors (Lipinski definition) is 1. The number of hydrogen-bond acceptors (Lipinski definition) is 6. The summed E-state index contributed by atoms with van der Waals surface area (Å²) in [6.07, 6.45) is -0.664. The lowest BCUT2D eigenvalue weighted by Crippen LogP contribution is -2.32. The highest BCUT2D eigenvalue weighted by Gasteiger charge is 2.34. The predicted octanol–water partition coefficient (Wildman–Crippen LogP) is 2.09. The van der Waals surface area contributed by atoms with E-state index in [2.05, 4.69) is 6.92 Å². The van der Waals surface area contributed by atoms with E-state index < -0.39 is 12.1 Å². The van der Waals surface area contributed by atoms with Gasteiger partial charge in [-0.3, -0.25) is 4.79 Å². The zero-order valence-electron chi connectivity index (χ0n) is 15.5. The van der Waals surface area contributed by atoms with Gasteiger partial charge in [0, 0.05) is 16.5 Å². The molecule has 0 saturated carbocycles. The maximum atomic E-state index is 13.0. The highest BCUT2D eigenvalue weighted by molar-refractivity contribution is 5.89. The lowest BCUT2D eigenvalue weighted by Gasteiger charge is -2.21. The van der Waals surface area contributed by atoms with Gasteiger partial charge in [-0.15, -0.1) is 0 Å². The number of pyridine rings is 2. The van der Waals surface area contributed by atoms with E-state index in [1.165, 1.54) is 0 Å². The molecule has 0 saturated heterocycles. The van der Waals surface area contributed by atoms with E-state index in [0.717, 1.165) is 39.9 Å². The molecule has 1 aromatic carbocycles. The number of aromatic nitrogens is 2. The third-order valence-corrected chi connectivity index (χ3v) is 5.64. The topological polar surface area (TPSA) is 90.6 Å². The number of aryl methyl sites for hydroxylation is 1. The Morgan fingerprint density at radius 1 is 1.29 bits per heavy atom. The average molecular weight is 378 g/mol. The van der Waals surface area contributed by atoms with Crippen molar-refractivity contribution in [2.75, 3.05) is 7.11 Å². The Balaban J connectivity index is 1.80. The Morgan fingerprint density at radius 2 is 2.11 bits per heavy atom. The van der Waals surface area contributed by atoms with Gasteiger partial charge in [0.25, 0.3) is 5.56 Å². The number of carbonyl (C=O) groups excluding carboxylic acids is 1. The summed E-state index contributed by atoms with van der Waals surface area (Å²) in [5, 5.41) is 11.2. The molecule has 2 aliphatic rings. The van der Waals surface area contributed by atoms with E-state index in [1.54, 1.807) is 17.7 Å². The van der Waals surface area contributed by atoms with Crippen molar-refractivity contribution in [1.82, 2.24) is 9.55 Å². The molecule has 1 atom stereocenters. The van der Waals surface area contributed by atoms with Gasteiger partial charge in [-0.1, -0.05) is 6.92 Å². The molecular formula is C21H18N2O5. The van der Waals surface area contributed by atoms with Crippen molar-refractivity contribution in [1.29, 1.82) is 0 Å². The number of benzene rings is 1. The quantitative estimate of drug-likeness (QED) is 0.537. The highest BCUT2D eigenvalue weighted by atomic mass is 16.5. The van der Waals surface area contributed by atoms with Gasteiger partial charge in [-0.25, -0.2) is 9.78 Å². The molecule has 0 fully saturated rings. The zero-order chi connectivity index (χ0) is 19.6. The number of carbonyl (C=O) groups is 1. The summed E-state index contributed by atoms with van der Waals surface area (Å²) in [5.41, 5.74) is 4.66. The lowest BCUT2D eigenvalue weighted by molar-refractivity contribution is -0.157. The standard InChI is InChI=1S/C21H18N2O5/c1-3-11-12-6-10(27-2)4-5-16(12)22-18-14(11)8-23-17(18)7-13-15(20(23)25)9-28-21(26)19(13)24/h4-7,19,24H,3,8-9H2,1-2H3/t19-/m0/s1. The molecule has 2 aromatic heterocycles. The molecule has 7 nitrogen and oxygen atoms in total. The van der Waals surface area contributed by atoms with Gasteiger partial charge in [0.05, 0.1) is 36.1 Å². The Bertz CT molecular complexity index is 1230. The molecule has 0 spiro atoms. The van der Waals surface area contributed by atoms with Crippen LogP contribution < -0.4 is 10.3 Å². The summed E-state index contributed by atoms with van der Waals surface area (Å²) >= 11 is 0. The maximum Gasteiger partial charge on any atom is 0.340 e. The van der Waals surface area contributed by atoms with E-state index in [-0.39, 0.29) is 12.2 Å². The number of ether oxygens (including phenoxy) is 2. The van der Waals surface area contributed by atoms with Gasteiger partial charge >= 0.3 is 5.97 Å². The van der Waals surface area contributed by atoms with Crippen LogP contribution in [0.5, 0.6) is 5.75 Å². The van der Waals surface area contributed by atoms with Crippen molar-refractivity contribution in [3.63, 3.8) is 0 Å². The average Bonchev–Trinajstić information content (AvgIpc) is 3.07. The fourth-order valence-electron chi connectivity index (χ4n) is 4.22. The largest absolute Gasteiger partial charge is 0.497 e. The number of nitrogens with zero attached hydrogens (tertiary/aromatic N) is 2. The number of methoxy groups -OCH3 is 1. The molecule has 7 heteroatoms. The van der Waals surface area contributed by atoms with Gasteiger partial charge in [-0.05, 0) is 36.2 Å². The smallest absolute Gasteiger partial charge is 0.340 e. The number of aliphatic hydroxyl groups excluding tert-OH is 1. The van der Waals surface area contributed by atoms with E-state index in [0.29, 0.717) is 23.4 Å². The van der Waals surface area contributed by atoms with Crippen LogP contribution in [0.1, 0.15) is 35.3 Å². The molecule has 5 rings (SSSR count). The SMILES string of the molecule is CCc1c2c(nc3ccc(OC)cc13)-c1cc3c(c(=O)n1C2)COC(=O)[C@H]3O. The first-order chi connectivity index (χ1) is 13.5. The number of cyclic esters (lactones) is 1. The van der Waals surface area contributed by atoms with Crippen molar-refractivity contribution < 1.29 is 19.4 Å². The summed E-state index contributed by atoms with van der Waals surface area (Å²) in [7, 11) is 1.63. The second kappa shape index (κ2) is 5.90. The normalized spacial score (nSPS) is 17.1. The van der Waals surface area contributed by atoms with Crippen LogP contribution in [-0.2, 0) is 29.1 Å². The zero-order valence-corrected chi connectivity index (χ0v) is 15.5. The first-order valence-corrected chi connectivity index (χ1v) is 9.14. The molecular weight excluding hydrogens is 360 g/mol. The van der Waals surface area contributed by atoms with Crippen molar-refractivity contribution in [3.05, 3.63) is 56.9 Å². The Labute approximate surface area is 160 Å². The van der Waals surface area contributed by atoms with E-state index in [4.69, 9.17) is 14.5 Å². The molecule has 0 bridgehead atoms. The molecule has 0 aliphatic carbocycles. The predicted molar refractivity (Wildman–Crippen MR) is 101 cm³/mol. The molecule has 1 N–H and O–H groups in total. The molecule has 0 unspecified atom stereocenters. The van der Waals surface area contributed by atoms with Crippen molar-refractivity contribution in [2.24, 2.45) is 0 Å². The van der Waals surface area contributed by atoms with Crippen molar-refractivity contribution >= 4 is 16.9 Å². The summed E-state index contributed by atoms with van der Waals surface area (Å²) in [4.78, 5) is 29.6. The van der Waals surface area contributed by atoms with Gasteiger partial charge in [0.2, 0.25) is 0 Å². The maximum absolute atomic E-state index is 13.0. The third-order valence-electron chi connectivity index (χ3n) is 5.64. The van der Waals surface area contributed by atoms with E-state index in [9.17, 15) is 14.7 Å². The molecule has 4 heterocycles. The van der Waals surface area contributed by atoms with Crippen molar-refractivity contribution in [2.45, 2.75) is 32.6 Å². The minimum atomic E-state index is -1.44. The van der Waals surface area contributed by atoms with Gasteiger partial charge < -0.3 is 19.1 Å². The van der Waals surface area contributed by atoms with Crippen LogP contribution in [0.15, 0.2) is 29.1 Å². The van der Waals surface area contributed by atoms with Crippen LogP contribution in [-0.4, -0.2) is 27.7 Å². The number of esters is 1. The molecule has 0 amide bonds. The van der Waals surface area contributed by atoms with Crippen LogP contribution in [0, 0.1) is 0 Å². The van der Waals surface area contributed by atoms with Crippen LogP contribution >= 0.6 is 0 Å². The Morgan fingerprint density at radius 3 is 2.86 bits per heavy atom. The molecule has 142 valence electrons. The van der Waals surface area contributed by atoms with Gasteiger partial charge in [-0.2, -0.15) is 0 Å². The fourth-order valence-corrected chi connectivity index (χ4v) is 4.22. The number of fused-ring (bicyclic) bond motifs is 5. The van der Waals surface area contributed by atoms with Gasteiger partial charge in [0.1, 0.15) is 12.4 Å². The third kappa shape index (κ3) is 2.16. The minimum absolute atomic E-state index is 0.117. The highest BCUT2D eigenvalue weighted by Crippen LogP contribution is 2.38. The number of rotatable bonds is 2. The first-order valence-electron chi connectivity index (χ1n) is 9.14. The molecule has 0 radical (unpaired) electrons. The number of aliphatic hydroxyl groups is 1. The van der Waals surface area contributed by atoms with Crippen LogP contribution in [0.2, 0.25) is 0 Å². The van der Waals surface area contributed by atoms with Crippen LogP contribution in [0.4, 0.5) is 0 Å². The minimum Gasteiger partial charge on any atom is -0.497 e. The summed E-state index contributed by atoms with van der Waals surface area (Å²) in [5.74, 6) is 0.0220. The van der Waals surface area contributed by atoms with Gasteiger partial charge in [0.15, 0.2) is 6.10 Å². The second-order valence-electron chi connectivity index (χ2n) is 7.02. The second-order valence-corrected chi connectivity index (χ2v) is 7.02.